The summed E-state index contributed by atoms with van der Waals surface area (Å²) in [6.07, 6.45) is -1.70. The first kappa shape index (κ1) is 31.7. The number of thiazole rings is 1. The Morgan fingerprint density at radius 3 is 2.62 bits per heavy atom. The van der Waals surface area contributed by atoms with E-state index < -0.39 is 29.5 Å². The first-order valence-electron chi connectivity index (χ1n) is 14.2. The van der Waals surface area contributed by atoms with Gasteiger partial charge in [-0.15, -0.1) is 0 Å². The van der Waals surface area contributed by atoms with Crippen LogP contribution >= 0.6 is 11.3 Å². The first-order valence-corrected chi connectivity index (χ1v) is 15.0. The van der Waals surface area contributed by atoms with E-state index >= 15 is 0 Å². The molecule has 0 aliphatic carbocycles. The van der Waals surface area contributed by atoms with Gasteiger partial charge >= 0.3 is 12.3 Å². The van der Waals surface area contributed by atoms with Crippen molar-refractivity contribution >= 4 is 38.7 Å². The average molecular weight is 638 g/mol. The SMILES string of the molecule is CC(=O)Nc1nc2c(Oc3cc(-c4ccc(C(F)(F)F)cc4C#CC4CCCCN4C(=O)OC(C)(C)C)ncn3)cccc2s1. The molecule has 9 nitrogen and oxygen atoms in total. The van der Waals surface area contributed by atoms with Crippen LogP contribution in [0.15, 0.2) is 48.8 Å². The second-order valence-corrected chi connectivity index (χ2v) is 12.4. The van der Waals surface area contributed by atoms with Crippen molar-refractivity contribution in [2.75, 3.05) is 11.9 Å². The van der Waals surface area contributed by atoms with E-state index in [0.29, 0.717) is 34.9 Å². The molecule has 0 radical (unpaired) electrons. The monoisotopic (exact) mass is 637 g/mol. The average Bonchev–Trinajstić information content (AvgIpc) is 3.38. The van der Waals surface area contributed by atoms with Crippen molar-refractivity contribution in [2.45, 2.75) is 64.8 Å². The third-order valence-corrected chi connectivity index (χ3v) is 7.58. The molecule has 0 spiro atoms. The topological polar surface area (TPSA) is 107 Å². The third-order valence-electron chi connectivity index (χ3n) is 6.65. The number of likely N-dealkylation sites (tertiary alicyclic amines) is 1. The number of anilines is 1. The van der Waals surface area contributed by atoms with E-state index in [1.165, 1.54) is 41.6 Å². The van der Waals surface area contributed by atoms with Crippen LogP contribution in [0.4, 0.5) is 23.1 Å². The van der Waals surface area contributed by atoms with E-state index in [0.717, 1.165) is 29.7 Å². The van der Waals surface area contributed by atoms with Crippen molar-refractivity contribution in [3.05, 3.63) is 59.9 Å². The molecule has 2 aromatic heterocycles. The molecule has 1 unspecified atom stereocenters. The number of benzene rings is 2. The molecule has 13 heteroatoms. The molecule has 1 atom stereocenters. The molecule has 234 valence electrons. The van der Waals surface area contributed by atoms with Crippen molar-refractivity contribution in [1.29, 1.82) is 0 Å². The van der Waals surface area contributed by atoms with Gasteiger partial charge in [-0.2, -0.15) is 13.2 Å². The van der Waals surface area contributed by atoms with E-state index in [1.807, 2.05) is 6.07 Å². The molecule has 2 aromatic carbocycles. The Morgan fingerprint density at radius 2 is 1.89 bits per heavy atom. The number of nitrogens with one attached hydrogen (secondary N) is 1. The molecule has 5 rings (SSSR count). The van der Waals surface area contributed by atoms with Crippen molar-refractivity contribution in [3.8, 4) is 34.7 Å². The highest BCUT2D eigenvalue weighted by Gasteiger charge is 2.32. The Labute approximate surface area is 261 Å². The van der Waals surface area contributed by atoms with Gasteiger partial charge in [0.25, 0.3) is 0 Å². The van der Waals surface area contributed by atoms with Crippen LogP contribution in [0.1, 0.15) is 58.1 Å². The highest BCUT2D eigenvalue weighted by molar-refractivity contribution is 7.22. The molecule has 1 fully saturated rings. The number of hydrogen-bond acceptors (Lipinski definition) is 8. The van der Waals surface area contributed by atoms with Crippen LogP contribution in [0.2, 0.25) is 0 Å². The Morgan fingerprint density at radius 1 is 1.09 bits per heavy atom. The van der Waals surface area contributed by atoms with Crippen LogP contribution in [-0.4, -0.2) is 50.0 Å². The molecule has 0 bridgehead atoms. The highest BCUT2D eigenvalue weighted by atomic mass is 32.1. The molecule has 2 amide bonds. The maximum atomic E-state index is 13.7. The Kier molecular flexibility index (Phi) is 8.97. The number of para-hydroxylation sites is 1. The van der Waals surface area contributed by atoms with Crippen LogP contribution in [0, 0.1) is 11.8 Å². The van der Waals surface area contributed by atoms with E-state index in [2.05, 4.69) is 32.1 Å². The number of aromatic nitrogens is 3. The molecule has 0 saturated carbocycles. The fourth-order valence-electron chi connectivity index (χ4n) is 4.69. The fraction of sp³-hybridized carbons (Fsp3) is 0.344. The molecular weight excluding hydrogens is 607 g/mol. The van der Waals surface area contributed by atoms with Crippen molar-refractivity contribution in [3.63, 3.8) is 0 Å². The number of alkyl halides is 3. The maximum Gasteiger partial charge on any atom is 0.416 e. The van der Waals surface area contributed by atoms with Gasteiger partial charge in [-0.3, -0.25) is 9.69 Å². The maximum absolute atomic E-state index is 13.7. The van der Waals surface area contributed by atoms with Gasteiger partial charge in [0.2, 0.25) is 11.8 Å². The normalized spacial score (nSPS) is 15.3. The van der Waals surface area contributed by atoms with E-state index in [4.69, 9.17) is 9.47 Å². The van der Waals surface area contributed by atoms with Gasteiger partial charge in [-0.05, 0) is 64.3 Å². The summed E-state index contributed by atoms with van der Waals surface area (Å²) in [7, 11) is 0. The third kappa shape index (κ3) is 7.88. The number of halogens is 3. The van der Waals surface area contributed by atoms with Crippen molar-refractivity contribution in [1.82, 2.24) is 19.9 Å². The lowest BCUT2D eigenvalue weighted by atomic mass is 9.99. The lowest BCUT2D eigenvalue weighted by Gasteiger charge is -2.34. The van der Waals surface area contributed by atoms with Crippen LogP contribution in [0.3, 0.4) is 0 Å². The van der Waals surface area contributed by atoms with Gasteiger partial charge in [-0.25, -0.2) is 19.7 Å². The number of hydrogen-bond donors (Lipinski definition) is 1. The molecule has 45 heavy (non-hydrogen) atoms. The standard InChI is InChI=1S/C32H30F3N5O4S/c1-19(41)38-29-39-28-25(9-7-10-26(28)45-29)43-27-17-24(36-18-37-27)23-14-12-21(32(33,34)35)16-20(23)11-13-22-8-5-6-15-40(22)30(42)44-31(2,3)4/h7,9-10,12,14,16-18,22H,5-6,8,15H2,1-4H3,(H,38,39,41). The molecule has 1 N–H and O–H groups in total. The summed E-state index contributed by atoms with van der Waals surface area (Å²) in [5.74, 6) is 6.18. The zero-order chi connectivity index (χ0) is 32.4. The van der Waals surface area contributed by atoms with Gasteiger partial charge in [0.05, 0.1) is 22.0 Å². The summed E-state index contributed by atoms with van der Waals surface area (Å²) in [4.78, 5) is 38.8. The fourth-order valence-corrected chi connectivity index (χ4v) is 5.62. The zero-order valence-corrected chi connectivity index (χ0v) is 25.8. The largest absolute Gasteiger partial charge is 0.444 e. The summed E-state index contributed by atoms with van der Waals surface area (Å²) in [6.45, 7) is 7.13. The molecule has 4 aromatic rings. The van der Waals surface area contributed by atoms with Gasteiger partial charge in [0.1, 0.15) is 17.4 Å². The predicted octanol–water partition coefficient (Wildman–Crippen LogP) is 7.66. The summed E-state index contributed by atoms with van der Waals surface area (Å²) in [5.41, 5.74) is -0.344. The minimum atomic E-state index is -4.59. The predicted molar refractivity (Wildman–Crippen MR) is 164 cm³/mol. The lowest BCUT2D eigenvalue weighted by Crippen LogP contribution is -2.45. The van der Waals surface area contributed by atoms with Crippen LogP contribution < -0.4 is 10.1 Å². The Balaban J connectivity index is 1.49. The first-order chi connectivity index (χ1) is 21.3. The van der Waals surface area contributed by atoms with Gasteiger partial charge in [0.15, 0.2) is 10.9 Å². The van der Waals surface area contributed by atoms with Crippen LogP contribution in [-0.2, 0) is 15.7 Å². The number of ether oxygens (including phenoxy) is 2. The molecule has 3 heterocycles. The number of nitrogens with zero attached hydrogens (tertiary/aromatic N) is 4. The lowest BCUT2D eigenvalue weighted by molar-refractivity contribution is -0.137. The Bertz CT molecular complexity index is 1810. The summed E-state index contributed by atoms with van der Waals surface area (Å²) in [5, 5.41) is 3.07. The zero-order valence-electron chi connectivity index (χ0n) is 25.0. The second-order valence-electron chi connectivity index (χ2n) is 11.4. The Hall–Kier alpha value is -4.70. The minimum Gasteiger partial charge on any atom is -0.444 e. The molecular formula is C32H30F3N5O4S. The van der Waals surface area contributed by atoms with Gasteiger partial charge in [-0.1, -0.05) is 35.3 Å². The number of carbonyl (C=O) groups excluding carboxylic acids is 2. The quantitative estimate of drug-likeness (QED) is 0.229. The van der Waals surface area contributed by atoms with Crippen LogP contribution in [0.25, 0.3) is 21.5 Å². The van der Waals surface area contributed by atoms with E-state index in [9.17, 15) is 22.8 Å². The minimum absolute atomic E-state index is 0.0886. The second kappa shape index (κ2) is 12.7. The summed E-state index contributed by atoms with van der Waals surface area (Å²) in [6, 6.07) is 9.53. The van der Waals surface area contributed by atoms with Gasteiger partial charge < -0.3 is 14.8 Å². The summed E-state index contributed by atoms with van der Waals surface area (Å²) >= 11 is 1.28. The highest BCUT2D eigenvalue weighted by Crippen LogP contribution is 2.36. The van der Waals surface area contributed by atoms with Crippen LogP contribution in [0.5, 0.6) is 11.6 Å². The van der Waals surface area contributed by atoms with E-state index in [1.54, 1.807) is 32.9 Å². The number of carbonyl (C=O) groups is 2. The number of rotatable bonds is 4. The number of fused-ring (bicyclic) bond motifs is 1. The molecule has 1 aliphatic rings. The van der Waals surface area contributed by atoms with E-state index in [-0.39, 0.29) is 23.0 Å². The number of piperidine rings is 1. The van der Waals surface area contributed by atoms with Gasteiger partial charge in [0, 0.05) is 30.7 Å². The molecule has 1 saturated heterocycles. The van der Waals surface area contributed by atoms with Crippen molar-refractivity contribution < 1.29 is 32.2 Å². The smallest absolute Gasteiger partial charge is 0.416 e. The summed E-state index contributed by atoms with van der Waals surface area (Å²) < 4.78 is 53.6. The molecule has 1 aliphatic heterocycles. The number of amides is 2. The van der Waals surface area contributed by atoms with Crippen molar-refractivity contribution in [2.24, 2.45) is 0 Å².